The standard InChI is InChI=1S/C23H23F3N4O11/c1-38-16-15(34)21(30-5-4-11(32)29-23(30)37)40-17(16)18(19(27)35)41-22-14(33)9(31)6-10(39-22)20(36)28-8-3-2-7(24)12(25)13(8)26/h2-6,9,14-18,21-22,31,33-34H,1H3,(H2,27,35)(H,28,36)(H,29,32,37)/t9-,14-,15+,16-,17-,18+,21+,22+/m0/s1. The Morgan fingerprint density at radius 3 is 2.46 bits per heavy atom. The number of anilines is 1. The zero-order chi connectivity index (χ0) is 30.2. The molecule has 1 aromatic heterocycles. The Kier molecular flexibility index (Phi) is 8.61. The Labute approximate surface area is 226 Å². The third-order valence-electron chi connectivity index (χ3n) is 6.21. The second kappa shape index (κ2) is 11.8. The molecular formula is C23H23F3N4O11. The van der Waals surface area contributed by atoms with Gasteiger partial charge in [0.25, 0.3) is 11.5 Å². The van der Waals surface area contributed by atoms with Crippen molar-refractivity contribution in [2.45, 2.75) is 49.1 Å². The number of primary amides is 1. The summed E-state index contributed by atoms with van der Waals surface area (Å²) < 4.78 is 63.1. The number of nitrogens with one attached hydrogen (secondary N) is 2. The van der Waals surface area contributed by atoms with E-state index in [-0.39, 0.29) is 0 Å². The van der Waals surface area contributed by atoms with Gasteiger partial charge in [0.05, 0.1) is 5.69 Å². The molecule has 2 aromatic rings. The van der Waals surface area contributed by atoms with Gasteiger partial charge in [-0.15, -0.1) is 0 Å². The van der Waals surface area contributed by atoms with E-state index in [1.807, 2.05) is 10.3 Å². The zero-order valence-corrected chi connectivity index (χ0v) is 20.8. The van der Waals surface area contributed by atoms with Gasteiger partial charge in [0, 0.05) is 19.4 Å². The normalized spacial score (nSPS) is 28.5. The van der Waals surface area contributed by atoms with Gasteiger partial charge in [-0.1, -0.05) is 0 Å². The van der Waals surface area contributed by atoms with Gasteiger partial charge in [-0.05, 0) is 18.2 Å². The molecule has 0 radical (unpaired) electrons. The average molecular weight is 588 g/mol. The Bertz CT molecular complexity index is 1480. The first-order valence-corrected chi connectivity index (χ1v) is 11.7. The van der Waals surface area contributed by atoms with Crippen LogP contribution in [0.2, 0.25) is 0 Å². The lowest BCUT2D eigenvalue weighted by atomic mass is 10.0. The number of hydrogen-bond acceptors (Lipinski definition) is 11. The first-order chi connectivity index (χ1) is 19.3. The minimum atomic E-state index is -2.02. The van der Waals surface area contributed by atoms with Gasteiger partial charge in [-0.25, -0.2) is 18.0 Å². The van der Waals surface area contributed by atoms with Crippen LogP contribution < -0.4 is 22.3 Å². The number of carbonyl (C=O) groups excluding carboxylic acids is 2. The quantitative estimate of drug-likeness (QED) is 0.180. The molecule has 222 valence electrons. The summed E-state index contributed by atoms with van der Waals surface area (Å²) in [5.41, 5.74) is 2.96. The Balaban J connectivity index is 1.56. The lowest BCUT2D eigenvalue weighted by Crippen LogP contribution is -2.53. The van der Waals surface area contributed by atoms with Gasteiger partial charge in [0.2, 0.25) is 12.2 Å². The zero-order valence-electron chi connectivity index (χ0n) is 20.8. The van der Waals surface area contributed by atoms with E-state index in [1.54, 1.807) is 0 Å². The molecule has 41 heavy (non-hydrogen) atoms. The summed E-state index contributed by atoms with van der Waals surface area (Å²) in [4.78, 5) is 50.6. The average Bonchev–Trinajstić information content (AvgIpc) is 3.24. The molecule has 0 spiro atoms. The molecule has 1 saturated heterocycles. The number of amides is 2. The smallest absolute Gasteiger partial charge is 0.330 e. The van der Waals surface area contributed by atoms with Crippen LogP contribution in [0.1, 0.15) is 6.23 Å². The first kappa shape index (κ1) is 29.9. The summed E-state index contributed by atoms with van der Waals surface area (Å²) >= 11 is 0. The van der Waals surface area contributed by atoms with Crippen molar-refractivity contribution in [3.8, 4) is 0 Å². The van der Waals surface area contributed by atoms with Crippen molar-refractivity contribution in [3.05, 3.63) is 74.5 Å². The predicted molar refractivity (Wildman–Crippen MR) is 126 cm³/mol. The number of aromatic amines is 1. The number of H-pyrrole nitrogens is 1. The number of rotatable bonds is 8. The van der Waals surface area contributed by atoms with Crippen molar-refractivity contribution in [1.82, 2.24) is 9.55 Å². The molecule has 0 bridgehead atoms. The van der Waals surface area contributed by atoms with Crippen molar-refractivity contribution in [1.29, 1.82) is 0 Å². The molecule has 3 heterocycles. The molecule has 1 aromatic carbocycles. The number of carbonyl (C=O) groups is 2. The van der Waals surface area contributed by atoms with E-state index < -0.39 is 101 Å². The van der Waals surface area contributed by atoms with Crippen LogP contribution in [0.15, 0.2) is 45.8 Å². The number of aliphatic hydroxyl groups is 3. The lowest BCUT2D eigenvalue weighted by molar-refractivity contribution is -0.241. The van der Waals surface area contributed by atoms with E-state index in [0.717, 1.165) is 30.0 Å². The number of nitrogens with two attached hydrogens (primary N) is 1. The van der Waals surface area contributed by atoms with Crippen LogP contribution in [0, 0.1) is 17.5 Å². The maximum Gasteiger partial charge on any atom is 0.330 e. The Morgan fingerprint density at radius 2 is 1.83 bits per heavy atom. The molecule has 18 heteroatoms. The van der Waals surface area contributed by atoms with Crippen LogP contribution in [0.25, 0.3) is 0 Å². The molecule has 2 amide bonds. The molecule has 1 fully saturated rings. The van der Waals surface area contributed by atoms with E-state index in [1.165, 1.54) is 0 Å². The molecule has 0 unspecified atom stereocenters. The van der Waals surface area contributed by atoms with Crippen LogP contribution in [0.5, 0.6) is 0 Å². The molecule has 0 aliphatic carbocycles. The number of aromatic nitrogens is 2. The number of ether oxygens (including phenoxy) is 4. The number of nitrogens with zero attached hydrogens (tertiary/aromatic N) is 1. The molecule has 15 nitrogen and oxygen atoms in total. The van der Waals surface area contributed by atoms with Crippen LogP contribution >= 0.6 is 0 Å². The first-order valence-electron chi connectivity index (χ1n) is 11.7. The molecule has 4 rings (SSSR count). The highest BCUT2D eigenvalue weighted by molar-refractivity contribution is 6.02. The number of hydrogen-bond donors (Lipinski definition) is 6. The van der Waals surface area contributed by atoms with Gasteiger partial charge in [-0.2, -0.15) is 0 Å². The van der Waals surface area contributed by atoms with Crippen molar-refractivity contribution >= 4 is 17.5 Å². The Morgan fingerprint density at radius 1 is 1.12 bits per heavy atom. The van der Waals surface area contributed by atoms with E-state index in [0.29, 0.717) is 12.1 Å². The van der Waals surface area contributed by atoms with Gasteiger partial charge < -0.3 is 45.3 Å². The SMILES string of the molecule is CO[C@H]1[C@@H](O)[C@H](n2ccc(=O)[nH]c2=O)O[C@@H]1[C@@H](O[C@H]1OC(C(=O)Nc2ccc(F)c(F)c2F)=C[C@H](O)[C@@H]1O)C(N)=O. The molecule has 2 aliphatic heterocycles. The van der Waals surface area contributed by atoms with Crippen molar-refractivity contribution in [2.24, 2.45) is 5.73 Å². The minimum absolute atomic E-state index is 0.544. The molecule has 7 N–H and O–H groups in total. The van der Waals surface area contributed by atoms with Crippen molar-refractivity contribution in [3.63, 3.8) is 0 Å². The summed E-state index contributed by atoms with van der Waals surface area (Å²) in [6.07, 6.45) is -12.2. The second-order valence-electron chi connectivity index (χ2n) is 8.83. The van der Waals surface area contributed by atoms with E-state index >= 15 is 0 Å². The highest BCUT2D eigenvalue weighted by Gasteiger charge is 2.52. The maximum atomic E-state index is 14.0. The monoisotopic (exact) mass is 588 g/mol. The number of aliphatic hydroxyl groups excluding tert-OH is 3. The highest BCUT2D eigenvalue weighted by Crippen LogP contribution is 2.34. The predicted octanol–water partition coefficient (Wildman–Crippen LogP) is -2.30. The number of methoxy groups -OCH3 is 1. The van der Waals surface area contributed by atoms with Crippen LogP contribution in [0.4, 0.5) is 18.9 Å². The fourth-order valence-corrected chi connectivity index (χ4v) is 4.19. The summed E-state index contributed by atoms with van der Waals surface area (Å²) in [6, 6.07) is 2.23. The van der Waals surface area contributed by atoms with Gasteiger partial charge in [0.15, 0.2) is 35.5 Å². The fraction of sp³-hybridized carbons (Fsp3) is 0.391. The van der Waals surface area contributed by atoms with Crippen LogP contribution in [-0.4, -0.2) is 86.7 Å². The summed E-state index contributed by atoms with van der Waals surface area (Å²) in [5.74, 6) is -8.43. The minimum Gasteiger partial charge on any atom is -0.456 e. The summed E-state index contributed by atoms with van der Waals surface area (Å²) in [5, 5.41) is 33.3. The van der Waals surface area contributed by atoms with Gasteiger partial charge >= 0.3 is 5.69 Å². The topological polar surface area (TPSA) is 225 Å². The maximum absolute atomic E-state index is 14.0. The number of halogens is 3. The van der Waals surface area contributed by atoms with Crippen molar-refractivity contribution in [2.75, 3.05) is 12.4 Å². The molecule has 0 saturated carbocycles. The van der Waals surface area contributed by atoms with E-state index in [9.17, 15) is 47.7 Å². The Hall–Kier alpha value is -4.07. The summed E-state index contributed by atoms with van der Waals surface area (Å²) in [6.45, 7) is 0. The molecule has 8 atom stereocenters. The van der Waals surface area contributed by atoms with Gasteiger partial charge in [-0.3, -0.25) is 23.9 Å². The largest absolute Gasteiger partial charge is 0.456 e. The summed E-state index contributed by atoms with van der Waals surface area (Å²) in [7, 11) is 1.12. The highest BCUT2D eigenvalue weighted by atomic mass is 19.2. The van der Waals surface area contributed by atoms with E-state index in [4.69, 9.17) is 24.7 Å². The number of benzene rings is 1. The fourth-order valence-electron chi connectivity index (χ4n) is 4.19. The molecule has 2 aliphatic rings. The van der Waals surface area contributed by atoms with E-state index in [2.05, 4.69) is 0 Å². The second-order valence-corrected chi connectivity index (χ2v) is 8.83. The lowest BCUT2D eigenvalue weighted by Gasteiger charge is -2.35. The van der Waals surface area contributed by atoms with Crippen molar-refractivity contribution < 1.29 is 57.0 Å². The van der Waals surface area contributed by atoms with Crippen LogP contribution in [-0.2, 0) is 28.5 Å². The van der Waals surface area contributed by atoms with Crippen LogP contribution in [0.3, 0.4) is 0 Å². The van der Waals surface area contributed by atoms with Gasteiger partial charge in [0.1, 0.15) is 30.5 Å². The molecular weight excluding hydrogens is 565 g/mol. The third-order valence-corrected chi connectivity index (χ3v) is 6.21. The third kappa shape index (κ3) is 5.87.